The van der Waals surface area contributed by atoms with Crippen molar-refractivity contribution in [2.45, 2.75) is 13.5 Å². The van der Waals surface area contributed by atoms with Gasteiger partial charge in [0.25, 0.3) is 5.91 Å². The van der Waals surface area contributed by atoms with Gasteiger partial charge in [0.15, 0.2) is 0 Å². The van der Waals surface area contributed by atoms with Gasteiger partial charge in [-0.25, -0.2) is 9.78 Å². The summed E-state index contributed by atoms with van der Waals surface area (Å²) >= 11 is 0. The van der Waals surface area contributed by atoms with Crippen LogP contribution in [0.4, 0.5) is 5.82 Å². The van der Waals surface area contributed by atoms with E-state index in [1.807, 2.05) is 38.1 Å². The summed E-state index contributed by atoms with van der Waals surface area (Å²) in [7, 11) is 3.83. The van der Waals surface area contributed by atoms with Crippen molar-refractivity contribution in [3.8, 4) is 5.69 Å². The highest BCUT2D eigenvalue weighted by molar-refractivity contribution is 5.94. The fourth-order valence-electron chi connectivity index (χ4n) is 2.79. The summed E-state index contributed by atoms with van der Waals surface area (Å²) in [6.07, 6.45) is 3.38. The second-order valence-corrected chi connectivity index (χ2v) is 6.18. The molecule has 26 heavy (non-hydrogen) atoms. The van der Waals surface area contributed by atoms with Crippen LogP contribution in [0.1, 0.15) is 21.6 Å². The maximum atomic E-state index is 12.4. The number of carbonyl (C=O) groups is 1. The lowest BCUT2D eigenvalue weighted by Crippen LogP contribution is -2.24. The molecule has 0 aliphatic heterocycles. The van der Waals surface area contributed by atoms with Gasteiger partial charge in [-0.1, -0.05) is 6.07 Å². The number of aromatic nitrogens is 3. The number of H-pyrrole nitrogens is 1. The molecule has 7 nitrogen and oxygen atoms in total. The second kappa shape index (κ2) is 7.26. The van der Waals surface area contributed by atoms with Gasteiger partial charge in [0.1, 0.15) is 5.82 Å². The maximum Gasteiger partial charge on any atom is 0.330 e. The molecule has 7 heteroatoms. The molecule has 0 fully saturated rings. The number of aromatic amines is 1. The third-order valence-electron chi connectivity index (χ3n) is 4.08. The van der Waals surface area contributed by atoms with Crippen molar-refractivity contribution < 1.29 is 4.79 Å². The standard InChI is InChI=1S/C19H21N5O2/c1-13-11-22-19(26)24(13)16-8-6-14(7-9-16)18(25)21-12-15-5-4-10-20-17(15)23(2)3/h4-11H,12H2,1-3H3,(H,21,25)(H,22,26). The Labute approximate surface area is 151 Å². The molecule has 0 bridgehead atoms. The highest BCUT2D eigenvalue weighted by Gasteiger charge is 2.10. The van der Waals surface area contributed by atoms with E-state index in [0.717, 1.165) is 17.1 Å². The lowest BCUT2D eigenvalue weighted by Gasteiger charge is -2.16. The molecule has 0 unspecified atom stereocenters. The van der Waals surface area contributed by atoms with E-state index < -0.39 is 0 Å². The lowest BCUT2D eigenvalue weighted by molar-refractivity contribution is 0.0951. The normalized spacial score (nSPS) is 10.6. The van der Waals surface area contributed by atoms with Crippen molar-refractivity contribution in [3.05, 3.63) is 76.1 Å². The monoisotopic (exact) mass is 351 g/mol. The first-order valence-electron chi connectivity index (χ1n) is 8.24. The Morgan fingerprint density at radius 2 is 1.96 bits per heavy atom. The number of carbonyl (C=O) groups excluding carboxylic acids is 1. The van der Waals surface area contributed by atoms with Gasteiger partial charge < -0.3 is 15.2 Å². The van der Waals surface area contributed by atoms with Crippen LogP contribution in [-0.4, -0.2) is 34.5 Å². The summed E-state index contributed by atoms with van der Waals surface area (Å²) in [6.45, 7) is 2.23. The molecule has 3 aromatic rings. The van der Waals surface area contributed by atoms with E-state index >= 15 is 0 Å². The van der Waals surface area contributed by atoms with E-state index in [4.69, 9.17) is 0 Å². The van der Waals surface area contributed by atoms with Crippen molar-refractivity contribution in [3.63, 3.8) is 0 Å². The smallest absolute Gasteiger partial charge is 0.330 e. The molecule has 3 rings (SSSR count). The number of nitrogens with zero attached hydrogens (tertiary/aromatic N) is 3. The number of hydrogen-bond acceptors (Lipinski definition) is 4. The van der Waals surface area contributed by atoms with Crippen LogP contribution in [0.5, 0.6) is 0 Å². The molecule has 134 valence electrons. The van der Waals surface area contributed by atoms with Gasteiger partial charge in [-0.05, 0) is 37.3 Å². The van der Waals surface area contributed by atoms with Crippen LogP contribution in [0.25, 0.3) is 5.69 Å². The van der Waals surface area contributed by atoms with Gasteiger partial charge in [-0.2, -0.15) is 0 Å². The molecule has 0 aliphatic carbocycles. The Kier molecular flexibility index (Phi) is 4.88. The van der Waals surface area contributed by atoms with Crippen LogP contribution in [0.15, 0.2) is 53.6 Å². The quantitative estimate of drug-likeness (QED) is 0.735. The molecule has 0 saturated carbocycles. The molecule has 0 aliphatic rings. The highest BCUT2D eigenvalue weighted by atomic mass is 16.2. The van der Waals surface area contributed by atoms with Gasteiger partial charge >= 0.3 is 5.69 Å². The number of anilines is 1. The first-order valence-corrected chi connectivity index (χ1v) is 8.24. The van der Waals surface area contributed by atoms with E-state index in [2.05, 4.69) is 15.3 Å². The van der Waals surface area contributed by atoms with Gasteiger partial charge in [-0.3, -0.25) is 9.36 Å². The highest BCUT2D eigenvalue weighted by Crippen LogP contribution is 2.14. The lowest BCUT2D eigenvalue weighted by atomic mass is 10.1. The third kappa shape index (κ3) is 3.51. The van der Waals surface area contributed by atoms with Crippen LogP contribution >= 0.6 is 0 Å². The third-order valence-corrected chi connectivity index (χ3v) is 4.08. The van der Waals surface area contributed by atoms with E-state index in [1.165, 1.54) is 0 Å². The van der Waals surface area contributed by atoms with Crippen molar-refractivity contribution in [2.75, 3.05) is 19.0 Å². The molecule has 2 heterocycles. The number of rotatable bonds is 5. The average Bonchev–Trinajstić information content (AvgIpc) is 2.98. The minimum Gasteiger partial charge on any atom is -0.362 e. The Balaban J connectivity index is 1.72. The zero-order valence-corrected chi connectivity index (χ0v) is 15.0. The van der Waals surface area contributed by atoms with Gasteiger partial charge in [0, 0.05) is 49.9 Å². The Hall–Kier alpha value is -3.35. The predicted octanol–water partition coefficient (Wildman–Crippen LogP) is 1.87. The molecule has 2 aromatic heterocycles. The van der Waals surface area contributed by atoms with Crippen LogP contribution in [-0.2, 0) is 6.54 Å². The van der Waals surface area contributed by atoms with Crippen LogP contribution in [0, 0.1) is 6.92 Å². The van der Waals surface area contributed by atoms with E-state index in [0.29, 0.717) is 17.8 Å². The van der Waals surface area contributed by atoms with Gasteiger partial charge in [-0.15, -0.1) is 0 Å². The van der Waals surface area contributed by atoms with E-state index in [1.54, 1.807) is 41.2 Å². The van der Waals surface area contributed by atoms with Gasteiger partial charge in [0.05, 0.1) is 5.69 Å². The van der Waals surface area contributed by atoms with Crippen molar-refractivity contribution in [2.24, 2.45) is 0 Å². The molecule has 1 amide bonds. The molecule has 0 spiro atoms. The number of benzene rings is 1. The summed E-state index contributed by atoms with van der Waals surface area (Å²) < 4.78 is 1.56. The molecule has 1 aromatic carbocycles. The summed E-state index contributed by atoms with van der Waals surface area (Å²) in [5, 5.41) is 2.91. The summed E-state index contributed by atoms with van der Waals surface area (Å²) in [5.41, 5.74) is 2.79. The Morgan fingerprint density at radius 3 is 2.58 bits per heavy atom. The summed E-state index contributed by atoms with van der Waals surface area (Å²) in [6, 6.07) is 10.7. The number of pyridine rings is 1. The van der Waals surface area contributed by atoms with Crippen molar-refractivity contribution >= 4 is 11.7 Å². The molecule has 0 radical (unpaired) electrons. The van der Waals surface area contributed by atoms with Crippen LogP contribution < -0.4 is 15.9 Å². The molecule has 0 atom stereocenters. The molecular weight excluding hydrogens is 330 g/mol. The number of hydrogen-bond donors (Lipinski definition) is 2. The summed E-state index contributed by atoms with van der Waals surface area (Å²) in [4.78, 5) is 33.1. The van der Waals surface area contributed by atoms with E-state index in [9.17, 15) is 9.59 Å². The Bertz CT molecular complexity index is 970. The molecular formula is C19H21N5O2. The van der Waals surface area contributed by atoms with E-state index in [-0.39, 0.29) is 11.6 Å². The fraction of sp³-hybridized carbons (Fsp3) is 0.211. The largest absolute Gasteiger partial charge is 0.362 e. The SMILES string of the molecule is Cc1c[nH]c(=O)n1-c1ccc(C(=O)NCc2cccnc2N(C)C)cc1. The predicted molar refractivity (Wildman–Crippen MR) is 101 cm³/mol. The van der Waals surface area contributed by atoms with Crippen molar-refractivity contribution in [1.29, 1.82) is 0 Å². The van der Waals surface area contributed by atoms with Gasteiger partial charge in [0.2, 0.25) is 0 Å². The Morgan fingerprint density at radius 1 is 1.23 bits per heavy atom. The van der Waals surface area contributed by atoms with Crippen LogP contribution in [0.2, 0.25) is 0 Å². The topological polar surface area (TPSA) is 83.0 Å². The maximum absolute atomic E-state index is 12.4. The zero-order chi connectivity index (χ0) is 18.7. The number of amides is 1. The zero-order valence-electron chi connectivity index (χ0n) is 15.0. The molecule has 0 saturated heterocycles. The first-order chi connectivity index (χ1) is 12.5. The second-order valence-electron chi connectivity index (χ2n) is 6.18. The van der Waals surface area contributed by atoms with Crippen LogP contribution in [0.3, 0.4) is 0 Å². The minimum absolute atomic E-state index is 0.178. The number of nitrogens with one attached hydrogen (secondary N) is 2. The first kappa shape index (κ1) is 17.5. The fourth-order valence-corrected chi connectivity index (χ4v) is 2.79. The minimum atomic E-state index is -0.201. The van der Waals surface area contributed by atoms with Crippen molar-refractivity contribution in [1.82, 2.24) is 19.9 Å². The summed E-state index contributed by atoms with van der Waals surface area (Å²) in [5.74, 6) is 0.647. The number of imidazole rings is 1. The number of aryl methyl sites for hydroxylation is 1. The molecule has 2 N–H and O–H groups in total. The average molecular weight is 351 g/mol.